The van der Waals surface area contributed by atoms with E-state index < -0.39 is 12.8 Å². The lowest BCUT2D eigenvalue weighted by Gasteiger charge is -2.19. The fourth-order valence-electron chi connectivity index (χ4n) is 1.97. The Morgan fingerprint density at radius 3 is 2.37 bits per heavy atom. The molecule has 0 fully saturated rings. The van der Waals surface area contributed by atoms with Gasteiger partial charge in [-0.3, -0.25) is 0 Å². The molecule has 0 spiro atoms. The highest BCUT2D eigenvalue weighted by Crippen LogP contribution is 2.60. The van der Waals surface area contributed by atoms with Crippen molar-refractivity contribution in [1.82, 2.24) is 0 Å². The summed E-state index contributed by atoms with van der Waals surface area (Å²) >= 11 is 7.21. The number of ether oxygens (including phenoxy) is 1. The Bertz CT molecular complexity index is 797. The molecule has 2 aromatic rings. The van der Waals surface area contributed by atoms with Gasteiger partial charge in [0.25, 0.3) is 0 Å². The van der Waals surface area contributed by atoms with Crippen LogP contribution in [0.3, 0.4) is 0 Å². The lowest BCUT2D eigenvalue weighted by atomic mass is 10.2. The zero-order valence-electron chi connectivity index (χ0n) is 15.2. The average Bonchev–Trinajstić information content (AvgIpc) is 2.67. The molecule has 27 heavy (non-hydrogen) atoms. The first-order chi connectivity index (χ1) is 13.0. The number of carbonyl (C=O) groups excluding carboxylic acids is 1. The third-order valence-corrected chi connectivity index (χ3v) is 7.26. The van der Waals surface area contributed by atoms with Crippen molar-refractivity contribution in [2.45, 2.75) is 26.7 Å². The highest BCUT2D eigenvalue weighted by Gasteiger charge is 2.30. The smallest absolute Gasteiger partial charge is 0.462 e. The van der Waals surface area contributed by atoms with Crippen LogP contribution in [0.5, 0.6) is 11.5 Å². The predicted octanol–water partition coefficient (Wildman–Crippen LogP) is 6.62. The minimum absolute atomic E-state index is 0.297. The van der Waals surface area contributed by atoms with E-state index in [0.717, 1.165) is 24.2 Å². The third kappa shape index (κ3) is 6.80. The Balaban J connectivity index is 2.14. The Morgan fingerprint density at radius 1 is 1.04 bits per heavy atom. The largest absolute Gasteiger partial charge is 0.492 e. The van der Waals surface area contributed by atoms with Crippen molar-refractivity contribution in [2.75, 3.05) is 12.4 Å². The van der Waals surface area contributed by atoms with Crippen molar-refractivity contribution >= 4 is 35.7 Å². The van der Waals surface area contributed by atoms with Crippen molar-refractivity contribution in [3.8, 4) is 11.5 Å². The molecule has 0 aromatic heterocycles. The molecule has 0 saturated carbocycles. The van der Waals surface area contributed by atoms with E-state index in [9.17, 15) is 9.36 Å². The number of rotatable bonds is 10. The molecule has 0 aliphatic heterocycles. The van der Waals surface area contributed by atoms with Crippen LogP contribution in [0, 0.1) is 0 Å². The van der Waals surface area contributed by atoms with E-state index in [1.807, 2.05) is 13.8 Å². The van der Waals surface area contributed by atoms with E-state index in [-0.39, 0.29) is 0 Å². The van der Waals surface area contributed by atoms with Crippen LogP contribution in [-0.2, 0) is 9.30 Å². The fourth-order valence-corrected chi connectivity index (χ4v) is 5.56. The van der Waals surface area contributed by atoms with Gasteiger partial charge in [-0.25, -0.2) is 9.36 Å². The molecule has 1 atom stereocenters. The van der Waals surface area contributed by atoms with Gasteiger partial charge >= 0.3 is 12.8 Å². The molecule has 8 heteroatoms. The van der Waals surface area contributed by atoms with E-state index in [1.54, 1.807) is 48.5 Å². The Hall–Kier alpha value is -1.62. The van der Waals surface area contributed by atoms with Crippen LogP contribution < -0.4 is 9.05 Å². The SMILES string of the molecule is CCCOC(=O)c1ccc(O[P@](=O)(Oc2ccccc2Cl)SCCC)cc1. The maximum absolute atomic E-state index is 13.2. The fraction of sp³-hybridized carbons (Fsp3) is 0.316. The lowest BCUT2D eigenvalue weighted by molar-refractivity contribution is 0.0505. The monoisotopic (exact) mass is 428 g/mol. The molecule has 0 radical (unpaired) electrons. The van der Waals surface area contributed by atoms with Crippen LogP contribution in [0.2, 0.25) is 5.02 Å². The standard InChI is InChI=1S/C19H22ClO5PS/c1-3-13-23-19(21)15-9-11-16(12-10-15)24-26(22,27-14-4-2)25-18-8-6-5-7-17(18)20/h5-12H,3-4,13-14H2,1-2H3/t26-/m1/s1. The van der Waals surface area contributed by atoms with Crippen molar-refractivity contribution < 1.29 is 23.1 Å². The summed E-state index contributed by atoms with van der Waals surface area (Å²) in [5.74, 6) is 0.828. The van der Waals surface area contributed by atoms with E-state index in [2.05, 4.69) is 0 Å². The minimum Gasteiger partial charge on any atom is -0.462 e. The number of carbonyl (C=O) groups is 1. The average molecular weight is 429 g/mol. The highest BCUT2D eigenvalue weighted by molar-refractivity contribution is 8.55. The molecule has 0 bridgehead atoms. The van der Waals surface area contributed by atoms with Crippen LogP contribution in [0.1, 0.15) is 37.0 Å². The topological polar surface area (TPSA) is 61.8 Å². The van der Waals surface area contributed by atoms with Crippen LogP contribution in [0.25, 0.3) is 0 Å². The predicted molar refractivity (Wildman–Crippen MR) is 110 cm³/mol. The molecular weight excluding hydrogens is 407 g/mol. The zero-order chi connectivity index (χ0) is 19.7. The quantitative estimate of drug-likeness (QED) is 0.313. The molecule has 146 valence electrons. The molecule has 0 aliphatic carbocycles. The minimum atomic E-state index is -3.55. The van der Waals surface area contributed by atoms with Crippen LogP contribution in [0.4, 0.5) is 0 Å². The summed E-state index contributed by atoms with van der Waals surface area (Å²) in [6.07, 6.45) is 1.57. The molecule has 0 saturated heterocycles. The maximum atomic E-state index is 13.2. The van der Waals surface area contributed by atoms with Crippen molar-refractivity contribution in [1.29, 1.82) is 0 Å². The molecule has 0 aliphatic rings. The first-order valence-corrected chi connectivity index (χ1v) is 12.1. The molecule has 0 amide bonds. The molecule has 0 unspecified atom stereocenters. The van der Waals surface area contributed by atoms with E-state index >= 15 is 0 Å². The summed E-state index contributed by atoms with van der Waals surface area (Å²) in [5, 5.41) is 0.354. The Labute approximate surface area is 168 Å². The van der Waals surface area contributed by atoms with Crippen LogP contribution in [0.15, 0.2) is 48.5 Å². The van der Waals surface area contributed by atoms with E-state index in [0.29, 0.717) is 34.4 Å². The summed E-state index contributed by atoms with van der Waals surface area (Å²) in [6, 6.07) is 13.1. The normalized spacial score (nSPS) is 12.9. The summed E-state index contributed by atoms with van der Waals surface area (Å²) in [4.78, 5) is 11.9. The molecule has 2 rings (SSSR count). The van der Waals surface area contributed by atoms with Crippen molar-refractivity contribution in [3.05, 3.63) is 59.1 Å². The summed E-state index contributed by atoms with van der Waals surface area (Å²) in [5.41, 5.74) is 0.402. The molecular formula is C19H22ClO5PS. The second-order valence-electron chi connectivity index (χ2n) is 5.55. The van der Waals surface area contributed by atoms with Gasteiger partial charge in [0, 0.05) is 5.75 Å². The van der Waals surface area contributed by atoms with Gasteiger partial charge in [0.1, 0.15) is 11.5 Å². The second-order valence-corrected chi connectivity index (χ2v) is 10.0. The number of para-hydroxylation sites is 1. The number of halogens is 1. The number of hydrogen-bond donors (Lipinski definition) is 0. The Morgan fingerprint density at radius 2 is 1.74 bits per heavy atom. The van der Waals surface area contributed by atoms with Crippen LogP contribution in [-0.4, -0.2) is 18.3 Å². The van der Waals surface area contributed by atoms with Gasteiger partial charge < -0.3 is 13.8 Å². The molecule has 0 N–H and O–H groups in total. The summed E-state index contributed by atoms with van der Waals surface area (Å²) in [6.45, 7) is 0.721. The maximum Gasteiger partial charge on any atom is 0.492 e. The van der Waals surface area contributed by atoms with Gasteiger partial charge in [-0.1, -0.05) is 37.6 Å². The van der Waals surface area contributed by atoms with Crippen molar-refractivity contribution in [3.63, 3.8) is 0 Å². The van der Waals surface area contributed by atoms with Gasteiger partial charge in [-0.05, 0) is 60.6 Å². The van der Waals surface area contributed by atoms with Gasteiger partial charge in [0.2, 0.25) is 0 Å². The summed E-state index contributed by atoms with van der Waals surface area (Å²) in [7, 11) is 0. The number of benzene rings is 2. The van der Waals surface area contributed by atoms with E-state index in [4.69, 9.17) is 25.4 Å². The Kier molecular flexibility index (Phi) is 8.55. The van der Waals surface area contributed by atoms with Gasteiger partial charge in [-0.2, -0.15) is 0 Å². The van der Waals surface area contributed by atoms with E-state index in [1.165, 1.54) is 0 Å². The number of hydrogen-bond acceptors (Lipinski definition) is 6. The first-order valence-electron chi connectivity index (χ1n) is 8.63. The second kappa shape index (κ2) is 10.6. The zero-order valence-corrected chi connectivity index (χ0v) is 17.7. The van der Waals surface area contributed by atoms with Gasteiger partial charge in [0.05, 0.1) is 17.2 Å². The first kappa shape index (κ1) is 21.7. The summed E-state index contributed by atoms with van der Waals surface area (Å²) < 4.78 is 29.6. The number of esters is 1. The molecule has 5 nitrogen and oxygen atoms in total. The third-order valence-electron chi connectivity index (χ3n) is 3.24. The van der Waals surface area contributed by atoms with Gasteiger partial charge in [0.15, 0.2) is 0 Å². The van der Waals surface area contributed by atoms with Crippen LogP contribution >= 0.6 is 29.8 Å². The highest BCUT2D eigenvalue weighted by atomic mass is 35.5. The van der Waals surface area contributed by atoms with Crippen molar-refractivity contribution in [2.24, 2.45) is 0 Å². The molecule has 0 heterocycles. The molecule has 2 aromatic carbocycles. The lowest BCUT2D eigenvalue weighted by Crippen LogP contribution is -2.05. The van der Waals surface area contributed by atoms with Gasteiger partial charge in [-0.15, -0.1) is 0 Å².